The summed E-state index contributed by atoms with van der Waals surface area (Å²) in [6.07, 6.45) is 1.00. The minimum Gasteiger partial charge on any atom is -0.724 e. The fourth-order valence-corrected chi connectivity index (χ4v) is 0.770. The van der Waals surface area contributed by atoms with Gasteiger partial charge >= 0.3 is 5.04 Å². The van der Waals surface area contributed by atoms with Crippen LogP contribution in [0.5, 0.6) is 0 Å². The highest BCUT2D eigenvalue weighted by molar-refractivity contribution is 5.37. The maximum Gasteiger partial charge on any atom is 0.569 e. The van der Waals surface area contributed by atoms with Crippen molar-refractivity contribution in [1.82, 2.24) is 5.04 Å². The number of nitrogens with zero attached hydrogens (tertiary/aromatic N) is 3. The molecule has 0 N–H and O–H groups in total. The van der Waals surface area contributed by atoms with Crippen LogP contribution in [-0.2, 0) is 9.59 Å². The summed E-state index contributed by atoms with van der Waals surface area (Å²) in [6, 6.07) is 24.0. The van der Waals surface area contributed by atoms with Gasteiger partial charge in [-0.15, -0.1) is 0 Å². The number of nitroso groups, excluding NO2 is 2. The van der Waals surface area contributed by atoms with Gasteiger partial charge in [0.15, 0.2) is 0 Å². The van der Waals surface area contributed by atoms with E-state index in [9.17, 15) is 0 Å². The fourth-order valence-electron chi connectivity index (χ4n) is 0.770. The predicted octanol–water partition coefficient (Wildman–Crippen LogP) is 2.74. The molecular weight excluding hydrogens is 274 g/mol. The molecule has 0 amide bonds. The Morgan fingerprint density at radius 3 is 0.619 bits per heavy atom. The van der Waals surface area contributed by atoms with Crippen LogP contribution in [0, 0.1) is 9.81 Å². The number of rotatable bonds is 0. The average molecular weight is 286 g/mol. The Bertz CT molecular complexity index is 387. The lowest BCUT2D eigenvalue weighted by Crippen LogP contribution is -1.47. The monoisotopic (exact) mass is 286 g/mol. The third-order valence-electron chi connectivity index (χ3n) is 1.33. The van der Waals surface area contributed by atoms with E-state index in [0.717, 1.165) is 5.04 Å². The zero-order chi connectivity index (χ0) is 16.6. The summed E-state index contributed by atoms with van der Waals surface area (Å²) < 4.78 is 0. The van der Waals surface area contributed by atoms with Crippen LogP contribution >= 0.6 is 0 Å². The summed E-state index contributed by atoms with van der Waals surface area (Å²) in [5, 5.41) is 14.5. The number of benzene rings is 2. The van der Waals surface area contributed by atoms with Crippen molar-refractivity contribution in [2.24, 2.45) is 0 Å². The highest BCUT2D eigenvalue weighted by Crippen LogP contribution is 1.80. The van der Waals surface area contributed by atoms with Crippen LogP contribution in [0.1, 0.15) is 0 Å². The fraction of sp³-hybridized carbons (Fsp3) is 0. The number of isocyanates is 2. The molecule has 2 rings (SSSR count). The molecule has 7 nitrogen and oxygen atoms in total. The van der Waals surface area contributed by atoms with Gasteiger partial charge in [-0.05, 0) is 12.2 Å². The standard InChI is InChI=1S/2C6H6.2CNO.NO2/c2*1-2-4-6-5-3-1;3*2-1-3/h2*1-6H;;;/q;;2*-1;+1. The van der Waals surface area contributed by atoms with E-state index in [4.69, 9.17) is 30.2 Å². The van der Waals surface area contributed by atoms with Gasteiger partial charge in [0.2, 0.25) is 9.81 Å². The molecule has 0 spiro atoms. The van der Waals surface area contributed by atoms with Gasteiger partial charge in [-0.1, -0.05) is 72.8 Å². The first-order valence-corrected chi connectivity index (χ1v) is 5.22. The minimum absolute atomic E-state index is 0.500. The topological polar surface area (TPSA) is 127 Å². The van der Waals surface area contributed by atoms with Crippen LogP contribution in [-0.4, -0.2) is 12.2 Å². The molecule has 0 aromatic heterocycles. The highest BCUT2D eigenvalue weighted by atomic mass is 16.4. The third kappa shape index (κ3) is 48.0. The van der Waals surface area contributed by atoms with Gasteiger partial charge in [-0.25, -0.2) is 0 Å². The predicted molar refractivity (Wildman–Crippen MR) is 79.9 cm³/mol. The molecule has 2 aromatic carbocycles. The van der Waals surface area contributed by atoms with Crippen molar-refractivity contribution < 1.29 is 9.59 Å². The largest absolute Gasteiger partial charge is 0.724 e. The molecule has 0 saturated carbocycles. The average Bonchev–Trinajstić information content (AvgIpc) is 2.54. The van der Waals surface area contributed by atoms with Crippen molar-refractivity contribution in [3.8, 4) is 0 Å². The van der Waals surface area contributed by atoms with Crippen LogP contribution in [0.4, 0.5) is 0 Å². The second-order valence-electron chi connectivity index (χ2n) is 2.57. The van der Waals surface area contributed by atoms with Crippen LogP contribution in [0.25, 0.3) is 10.8 Å². The number of carbonyl (C=O) groups excluding carboxylic acids is 2. The molecule has 7 heteroatoms. The van der Waals surface area contributed by atoms with Crippen molar-refractivity contribution in [3.63, 3.8) is 0 Å². The molecule has 21 heavy (non-hydrogen) atoms. The Labute approximate surface area is 121 Å². The zero-order valence-electron chi connectivity index (χ0n) is 10.9. The normalized spacial score (nSPS) is 5.71. The zero-order valence-corrected chi connectivity index (χ0v) is 10.9. The molecule has 0 unspecified atom stereocenters. The van der Waals surface area contributed by atoms with Gasteiger partial charge in [0, 0.05) is 0 Å². The van der Waals surface area contributed by atoms with Crippen LogP contribution in [0.2, 0.25) is 0 Å². The van der Waals surface area contributed by atoms with Crippen molar-refractivity contribution in [3.05, 3.63) is 93.4 Å². The Morgan fingerprint density at radius 2 is 0.571 bits per heavy atom. The summed E-state index contributed by atoms with van der Waals surface area (Å²) in [6.45, 7) is 0. The lowest BCUT2D eigenvalue weighted by Gasteiger charge is -1.69. The van der Waals surface area contributed by atoms with Crippen molar-refractivity contribution in [2.75, 3.05) is 0 Å². The second kappa shape index (κ2) is 30.0. The lowest BCUT2D eigenvalue weighted by atomic mass is 10.4. The van der Waals surface area contributed by atoms with Gasteiger partial charge < -0.3 is 10.8 Å². The van der Waals surface area contributed by atoms with Gasteiger partial charge in [0.25, 0.3) is 0 Å². The molecule has 0 heterocycles. The molecule has 2 aromatic rings. The third-order valence-corrected chi connectivity index (χ3v) is 1.33. The van der Waals surface area contributed by atoms with E-state index in [1.165, 1.54) is 0 Å². The maximum atomic E-state index is 8.24. The van der Waals surface area contributed by atoms with E-state index in [0.29, 0.717) is 12.2 Å². The first kappa shape index (κ1) is 22.7. The quantitative estimate of drug-likeness (QED) is 0.419. The minimum atomic E-state index is 0.500. The molecule has 0 radical (unpaired) electrons. The molecule has 0 atom stereocenters. The first-order valence-electron chi connectivity index (χ1n) is 5.22. The first-order chi connectivity index (χ1) is 10.2. The smallest absolute Gasteiger partial charge is 0.569 e. The van der Waals surface area contributed by atoms with E-state index in [-0.39, 0.29) is 0 Å². The Balaban J connectivity index is -0.000000204. The SMILES string of the molecule is O=[N+]=O.[N-]=C=O.[N-]=C=O.c1ccccc1.c1ccccc1. The summed E-state index contributed by atoms with van der Waals surface area (Å²) in [5.41, 5.74) is 0. The van der Waals surface area contributed by atoms with E-state index >= 15 is 0 Å². The number of hydrogen-bond donors (Lipinski definition) is 0. The molecule has 0 saturated heterocycles. The van der Waals surface area contributed by atoms with Crippen LogP contribution in [0.15, 0.2) is 72.8 Å². The lowest BCUT2D eigenvalue weighted by molar-refractivity contribution is 0.568. The van der Waals surface area contributed by atoms with Crippen molar-refractivity contribution in [2.45, 2.75) is 0 Å². The van der Waals surface area contributed by atoms with Crippen molar-refractivity contribution >= 4 is 12.2 Å². The summed E-state index contributed by atoms with van der Waals surface area (Å²) >= 11 is 0. The molecule has 108 valence electrons. The summed E-state index contributed by atoms with van der Waals surface area (Å²) in [4.78, 5) is 32.5. The van der Waals surface area contributed by atoms with Crippen LogP contribution < -0.4 is 5.04 Å². The Kier molecular flexibility index (Phi) is 32.4. The maximum absolute atomic E-state index is 8.24. The van der Waals surface area contributed by atoms with E-state index in [1.807, 2.05) is 72.8 Å². The van der Waals surface area contributed by atoms with Crippen molar-refractivity contribution in [1.29, 1.82) is 0 Å². The summed E-state index contributed by atoms with van der Waals surface area (Å²) in [5.74, 6) is 0. The number of hydrogen-bond acceptors (Lipinski definition) is 4. The molecule has 0 aliphatic heterocycles. The molecule has 0 bridgehead atoms. The van der Waals surface area contributed by atoms with E-state index < -0.39 is 0 Å². The van der Waals surface area contributed by atoms with Gasteiger partial charge in [0.1, 0.15) is 0 Å². The van der Waals surface area contributed by atoms with Gasteiger partial charge in [-0.3, -0.25) is 9.59 Å². The Hall–Kier alpha value is -3.49. The molecule has 0 fully saturated rings. The molecule has 0 aliphatic carbocycles. The van der Waals surface area contributed by atoms with Gasteiger partial charge in [0.05, 0.1) is 0 Å². The summed E-state index contributed by atoms with van der Waals surface area (Å²) in [7, 11) is 0. The van der Waals surface area contributed by atoms with E-state index in [1.54, 1.807) is 0 Å². The second-order valence-corrected chi connectivity index (χ2v) is 2.57. The highest BCUT2D eigenvalue weighted by Gasteiger charge is 1.58. The van der Waals surface area contributed by atoms with E-state index in [2.05, 4.69) is 0 Å². The van der Waals surface area contributed by atoms with Crippen LogP contribution in [0.3, 0.4) is 0 Å². The molecular formula is C14H12N3O4-. The Morgan fingerprint density at radius 1 is 0.524 bits per heavy atom. The van der Waals surface area contributed by atoms with Gasteiger partial charge in [-0.2, -0.15) is 0 Å². The molecule has 0 aliphatic rings.